The van der Waals surface area contributed by atoms with Crippen molar-refractivity contribution in [2.75, 3.05) is 13.4 Å². The van der Waals surface area contributed by atoms with Crippen LogP contribution in [0.2, 0.25) is 10.0 Å². The second-order valence-electron chi connectivity index (χ2n) is 26.1. The Morgan fingerprint density at radius 2 is 0.541 bits per heavy atom. The Hall–Kier alpha value is -9.74. The quantitative estimate of drug-likeness (QED) is 0.0792. The first-order chi connectivity index (χ1) is 54.8. The van der Waals surface area contributed by atoms with Crippen LogP contribution in [0.1, 0.15) is 43.6 Å². The minimum absolute atomic E-state index is 0.0278. The molecule has 0 atom stereocenters. The van der Waals surface area contributed by atoms with Gasteiger partial charge < -0.3 is 4.74 Å². The summed E-state index contributed by atoms with van der Waals surface area (Å²) in [7, 11) is 1.47. The minimum Gasteiger partial charge on any atom is -0.497 e. The van der Waals surface area contributed by atoms with Crippen LogP contribution >= 0.6 is 35.0 Å². The van der Waals surface area contributed by atoms with Gasteiger partial charge in [0.05, 0.1) is 61.6 Å². The van der Waals surface area contributed by atoms with Crippen molar-refractivity contribution in [2.24, 2.45) is 0 Å². The molecule has 1 saturated carbocycles. The van der Waals surface area contributed by atoms with Crippen LogP contribution in [0, 0.1) is 0 Å². The lowest BCUT2D eigenvalue weighted by atomic mass is 9.84. The molecular formula is C102H89Cl2OS6+5. The van der Waals surface area contributed by atoms with E-state index < -0.39 is 0 Å². The first kappa shape index (κ1) is 79.3. The van der Waals surface area contributed by atoms with Crippen molar-refractivity contribution >= 4 is 100 Å². The molecule has 1 nitrogen and oxygen atoms in total. The predicted molar refractivity (Wildman–Crippen MR) is 479 cm³/mol. The lowest BCUT2D eigenvalue weighted by Gasteiger charge is -2.22. The molecule has 1 fully saturated rings. The molecular weight excluding hydrogens is 1500 g/mol. The first-order valence-electron chi connectivity index (χ1n) is 37.4. The number of hydrogen-bond acceptors (Lipinski definition) is 2. The molecule has 9 heteroatoms. The molecule has 17 rings (SSSR count). The average Bonchev–Trinajstić information content (AvgIpc) is 0.792. The highest BCUT2D eigenvalue weighted by atomic mass is 35.5. The molecule has 1 aliphatic rings. The van der Waals surface area contributed by atoms with E-state index in [-0.39, 0.29) is 54.5 Å². The molecule has 0 aromatic heterocycles. The van der Waals surface area contributed by atoms with Gasteiger partial charge in [-0.15, -0.1) is 0 Å². The van der Waals surface area contributed by atoms with Gasteiger partial charge in [-0.3, -0.25) is 0 Å². The van der Waals surface area contributed by atoms with E-state index in [2.05, 4.69) is 407 Å². The van der Waals surface area contributed by atoms with E-state index in [1.807, 2.05) is 36.4 Å². The molecule has 16 aromatic rings. The zero-order valence-corrected chi connectivity index (χ0v) is 68.7. The number of methoxy groups -OCH3 is 1. The molecule has 0 saturated heterocycles. The third-order valence-corrected chi connectivity index (χ3v) is 31.1. The second-order valence-corrected chi connectivity index (χ2v) is 38.1. The molecule has 0 unspecified atom stereocenters. The molecule has 0 radical (unpaired) electrons. The summed E-state index contributed by atoms with van der Waals surface area (Å²) in [5.41, 5.74) is 1.54. The third kappa shape index (κ3) is 22.5. The van der Waals surface area contributed by atoms with Crippen molar-refractivity contribution in [1.82, 2.24) is 0 Å². The number of halogens is 2. The van der Waals surface area contributed by atoms with Crippen LogP contribution < -0.4 is 4.74 Å². The summed E-state index contributed by atoms with van der Waals surface area (Å²) < 4.78 is 5.26. The summed E-state index contributed by atoms with van der Waals surface area (Å²) in [4.78, 5) is 21.3. The van der Waals surface area contributed by atoms with Gasteiger partial charge in [-0.25, -0.2) is 0 Å². The maximum atomic E-state index is 6.04. The summed E-state index contributed by atoms with van der Waals surface area (Å²) in [5.74, 6) is 1.63. The maximum Gasteiger partial charge on any atom is 0.174 e. The van der Waals surface area contributed by atoms with Crippen molar-refractivity contribution in [1.29, 1.82) is 0 Å². The normalized spacial score (nSPS) is 11.8. The van der Waals surface area contributed by atoms with Crippen molar-refractivity contribution in [3.05, 3.63) is 452 Å². The van der Waals surface area contributed by atoms with Crippen molar-refractivity contribution in [3.63, 3.8) is 0 Å². The van der Waals surface area contributed by atoms with Crippen LogP contribution in [0.25, 0.3) is 10.8 Å². The van der Waals surface area contributed by atoms with E-state index in [1.165, 1.54) is 127 Å². The van der Waals surface area contributed by atoms with Crippen LogP contribution in [0.15, 0.2) is 515 Å². The highest BCUT2D eigenvalue weighted by molar-refractivity contribution is 7.99. The van der Waals surface area contributed by atoms with E-state index in [0.29, 0.717) is 0 Å². The molecule has 0 aliphatic heterocycles. The maximum absolute atomic E-state index is 6.04. The number of benzene rings is 16. The summed E-state index contributed by atoms with van der Waals surface area (Å²) >= 11 is 13.9. The molecule has 1 aliphatic carbocycles. The van der Waals surface area contributed by atoms with Gasteiger partial charge in [-0.1, -0.05) is 260 Å². The molecule has 0 N–H and O–H groups in total. The Bertz CT molecular complexity index is 5120. The zero-order chi connectivity index (χ0) is 76.0. The number of fused-ring (bicyclic) bond motifs is 1. The monoisotopic (exact) mass is 1590 g/mol. The van der Waals surface area contributed by atoms with Crippen LogP contribution in [0.3, 0.4) is 0 Å². The molecule has 0 heterocycles. The molecule has 548 valence electrons. The SMILES string of the molecule is COc1ccc([S+](c2ccc(Cl)cc2)c2ccc(Cl)cc2)cc1.C[S+](c1ccccc1)c1ccccc1.c1ccc(Sc2ccc([S+](c3ccccc3)c3ccccc3)cc2)cc1.c1ccc([S+](c2ccccc2)c2ccc(C3CCCCC3)cc2)cc1.c1ccc([S+](c2ccccc2)c2cccc3ccccc23)cc1. The van der Waals surface area contributed by atoms with E-state index in [0.717, 1.165) is 21.7 Å². The van der Waals surface area contributed by atoms with Gasteiger partial charge in [0.1, 0.15) is 12.0 Å². The topological polar surface area (TPSA) is 9.23 Å². The number of rotatable bonds is 18. The fourth-order valence-electron chi connectivity index (χ4n) is 13.1. The van der Waals surface area contributed by atoms with Gasteiger partial charge in [0.2, 0.25) is 0 Å². The van der Waals surface area contributed by atoms with Crippen molar-refractivity contribution in [2.45, 2.75) is 116 Å². The molecule has 16 aromatic carbocycles. The summed E-state index contributed by atoms with van der Waals surface area (Å²) in [6, 6.07) is 155. The fourth-order valence-corrected chi connectivity index (χ4v) is 24.1. The fraction of sp³-hybridized carbons (Fsp3) is 0.0784. The highest BCUT2D eigenvalue weighted by Crippen LogP contribution is 2.40. The van der Waals surface area contributed by atoms with Crippen LogP contribution in [-0.4, -0.2) is 13.4 Å². The van der Waals surface area contributed by atoms with Gasteiger partial charge >= 0.3 is 0 Å². The first-order valence-corrected chi connectivity index (χ1v) is 45.5. The van der Waals surface area contributed by atoms with E-state index in [1.54, 1.807) is 18.9 Å². The van der Waals surface area contributed by atoms with Gasteiger partial charge in [0, 0.05) is 25.2 Å². The lowest BCUT2D eigenvalue weighted by Crippen LogP contribution is -2.07. The minimum atomic E-state index is -0.214. The molecule has 111 heavy (non-hydrogen) atoms. The molecule has 0 bridgehead atoms. The Kier molecular flexibility index (Phi) is 30.1. The van der Waals surface area contributed by atoms with Crippen molar-refractivity contribution in [3.8, 4) is 5.75 Å². The van der Waals surface area contributed by atoms with Gasteiger partial charge in [-0.05, 0) is 260 Å². The highest BCUT2D eigenvalue weighted by Gasteiger charge is 2.33. The number of ether oxygens (including phenoxy) is 1. The van der Waals surface area contributed by atoms with E-state index >= 15 is 0 Å². The summed E-state index contributed by atoms with van der Waals surface area (Å²) in [5, 5.41) is 4.12. The largest absolute Gasteiger partial charge is 0.497 e. The van der Waals surface area contributed by atoms with Crippen LogP contribution in [-0.2, 0) is 54.5 Å². The van der Waals surface area contributed by atoms with Gasteiger partial charge in [0.15, 0.2) is 68.5 Å². The summed E-state index contributed by atoms with van der Waals surface area (Å²) in [6.45, 7) is 0. The van der Waals surface area contributed by atoms with Gasteiger partial charge in [-0.2, -0.15) is 0 Å². The standard InChI is InChI=1S/C24H19S2.C24H25S.C22H17S.C19H15Cl2OS.C13H13S/c1-4-10-20(11-5-1)25-21-16-18-24(19-17-21)26(22-12-6-2-7-13-22)23-14-8-3-9-15-23;1-4-10-20(11-5-1)21-16-18-24(19-17-21)25(22-12-6-2-7-13-22)23-14-8-3-9-15-23;1-3-12-19(13-4-1)23(20-14-5-2-6-15-20)22-17-9-11-18-10-7-8-16-21(18)22;1-22-16-6-12-19(13-7-16)23(17-8-2-14(20)3-9-17)18-10-4-15(21)5-11-18;1-14(12-8-4-2-5-9-12)13-10-6-3-7-11-13/h1-19H;2-3,6-9,12-20H,1,4-5,10-11H2;1-17H;2-13H,1H3;2-11H,1H3/q5*+1. The van der Waals surface area contributed by atoms with Crippen LogP contribution in [0.5, 0.6) is 5.75 Å². The zero-order valence-electron chi connectivity index (χ0n) is 62.3. The van der Waals surface area contributed by atoms with E-state index in [4.69, 9.17) is 27.9 Å². The lowest BCUT2D eigenvalue weighted by molar-refractivity contribution is 0.414. The Balaban J connectivity index is 0.000000123. The van der Waals surface area contributed by atoms with Crippen molar-refractivity contribution < 1.29 is 4.74 Å². The Morgan fingerprint density at radius 1 is 0.261 bits per heavy atom. The average molecular weight is 1590 g/mol. The smallest absolute Gasteiger partial charge is 0.174 e. The molecule has 0 amide bonds. The Morgan fingerprint density at radius 3 is 0.910 bits per heavy atom. The number of hydrogen-bond donors (Lipinski definition) is 0. The third-order valence-electron chi connectivity index (χ3n) is 18.7. The van der Waals surface area contributed by atoms with Crippen LogP contribution in [0.4, 0.5) is 0 Å². The van der Waals surface area contributed by atoms with Gasteiger partial charge in [0.25, 0.3) is 0 Å². The Labute approximate surface area is 686 Å². The summed E-state index contributed by atoms with van der Waals surface area (Å²) in [6.07, 6.45) is 9.20. The predicted octanol–water partition coefficient (Wildman–Crippen LogP) is 29.1. The van der Waals surface area contributed by atoms with E-state index in [9.17, 15) is 0 Å². The second kappa shape index (κ2) is 42.1. The molecule has 0 spiro atoms.